The quantitative estimate of drug-likeness (QED) is 0.482. The van der Waals surface area contributed by atoms with E-state index in [0.717, 1.165) is 0 Å². The van der Waals surface area contributed by atoms with Gasteiger partial charge in [-0.05, 0) is 37.3 Å². The lowest BCUT2D eigenvalue weighted by Crippen LogP contribution is -2.11. The van der Waals surface area contributed by atoms with E-state index in [9.17, 15) is 9.59 Å². The average Bonchev–Trinajstić information content (AvgIpc) is 3.31. The Bertz CT molecular complexity index is 1020. The van der Waals surface area contributed by atoms with Crippen LogP contribution in [0.2, 0.25) is 10.0 Å². The van der Waals surface area contributed by atoms with Crippen molar-refractivity contribution in [3.63, 3.8) is 0 Å². The van der Waals surface area contributed by atoms with Crippen molar-refractivity contribution >= 4 is 51.5 Å². The molecule has 0 aliphatic heterocycles. The number of esters is 1. The zero-order valence-electron chi connectivity index (χ0n) is 15.2. The number of nitrogens with one attached hydrogen (secondary N) is 1. The Morgan fingerprint density at radius 3 is 2.83 bits per heavy atom. The van der Waals surface area contributed by atoms with Gasteiger partial charge in [-0.2, -0.15) is 0 Å². The van der Waals surface area contributed by atoms with Crippen molar-refractivity contribution in [3.8, 4) is 5.75 Å². The van der Waals surface area contributed by atoms with Crippen molar-refractivity contribution in [1.29, 1.82) is 0 Å². The summed E-state index contributed by atoms with van der Waals surface area (Å²) in [5, 5.41) is 5.56. The number of carbonyl (C=O) groups excluding carboxylic acids is 2. The van der Waals surface area contributed by atoms with Crippen molar-refractivity contribution in [3.05, 3.63) is 63.0 Å². The zero-order valence-corrected chi connectivity index (χ0v) is 17.6. The Kier molecular flexibility index (Phi) is 7.13. The first-order valence-electron chi connectivity index (χ1n) is 8.52. The number of halogens is 2. The maximum atomic E-state index is 12.3. The topological polar surface area (TPSA) is 90.7 Å². The summed E-state index contributed by atoms with van der Waals surface area (Å²) < 4.78 is 16.0. The number of amides is 1. The van der Waals surface area contributed by atoms with Crippen molar-refractivity contribution in [2.24, 2.45) is 0 Å². The fraction of sp³-hybridized carbons (Fsp3) is 0.211. The van der Waals surface area contributed by atoms with Crippen LogP contribution >= 0.6 is 34.5 Å². The molecule has 0 saturated carbocycles. The second kappa shape index (κ2) is 9.78. The molecule has 1 aromatic carbocycles. The molecule has 0 aliphatic rings. The van der Waals surface area contributed by atoms with Gasteiger partial charge in [-0.15, -0.1) is 11.3 Å². The number of thiazole rings is 1. The average molecular weight is 455 g/mol. The summed E-state index contributed by atoms with van der Waals surface area (Å²) >= 11 is 13.1. The molecule has 1 N–H and O–H groups in total. The van der Waals surface area contributed by atoms with E-state index in [-0.39, 0.29) is 24.8 Å². The van der Waals surface area contributed by atoms with Crippen molar-refractivity contribution in [2.75, 3.05) is 11.9 Å². The predicted octanol–water partition coefficient (Wildman–Crippen LogP) is 4.98. The van der Waals surface area contributed by atoms with Crippen LogP contribution in [0, 0.1) is 0 Å². The number of carbonyl (C=O) groups is 2. The molecule has 0 aliphatic carbocycles. The summed E-state index contributed by atoms with van der Waals surface area (Å²) in [7, 11) is 0. The van der Waals surface area contributed by atoms with E-state index in [2.05, 4.69) is 10.3 Å². The molecule has 0 spiro atoms. The number of nitrogens with zero attached hydrogens (tertiary/aromatic N) is 1. The van der Waals surface area contributed by atoms with Gasteiger partial charge in [0.15, 0.2) is 10.9 Å². The molecule has 0 unspecified atom stereocenters. The highest BCUT2D eigenvalue weighted by molar-refractivity contribution is 7.14. The van der Waals surface area contributed by atoms with Crippen molar-refractivity contribution in [2.45, 2.75) is 20.0 Å². The lowest BCUT2D eigenvalue weighted by Gasteiger charge is -2.06. The monoisotopic (exact) mass is 454 g/mol. The van der Waals surface area contributed by atoms with E-state index in [0.29, 0.717) is 39.0 Å². The SMILES string of the molecule is CCOC(=O)Cc1csc(NC(=O)c2ccc(COc3ccc(Cl)cc3Cl)o2)n1. The summed E-state index contributed by atoms with van der Waals surface area (Å²) in [6, 6.07) is 8.05. The summed E-state index contributed by atoms with van der Waals surface area (Å²) in [4.78, 5) is 28.0. The first-order valence-corrected chi connectivity index (χ1v) is 10.2. The third kappa shape index (κ3) is 5.96. The maximum Gasteiger partial charge on any atom is 0.311 e. The molecule has 7 nitrogen and oxygen atoms in total. The zero-order chi connectivity index (χ0) is 20.8. The molecule has 0 bridgehead atoms. The largest absolute Gasteiger partial charge is 0.484 e. The Labute approximate surface area is 180 Å². The van der Waals surface area contributed by atoms with Crippen LogP contribution < -0.4 is 10.1 Å². The van der Waals surface area contributed by atoms with Crippen LogP contribution in [0.15, 0.2) is 40.1 Å². The number of anilines is 1. The molecule has 0 atom stereocenters. The minimum atomic E-state index is -0.460. The molecule has 152 valence electrons. The Hall–Kier alpha value is -2.55. The van der Waals surface area contributed by atoms with Crippen LogP contribution in [-0.4, -0.2) is 23.5 Å². The lowest BCUT2D eigenvalue weighted by molar-refractivity contribution is -0.142. The molecular weight excluding hydrogens is 439 g/mol. The Morgan fingerprint density at radius 2 is 2.07 bits per heavy atom. The molecule has 0 radical (unpaired) electrons. The molecule has 2 aromatic heterocycles. The minimum Gasteiger partial charge on any atom is -0.484 e. The van der Waals surface area contributed by atoms with E-state index < -0.39 is 5.91 Å². The van der Waals surface area contributed by atoms with Gasteiger partial charge in [0.1, 0.15) is 18.1 Å². The highest BCUT2D eigenvalue weighted by Crippen LogP contribution is 2.28. The van der Waals surface area contributed by atoms with E-state index in [1.165, 1.54) is 17.4 Å². The van der Waals surface area contributed by atoms with Gasteiger partial charge in [0, 0.05) is 10.4 Å². The number of ether oxygens (including phenoxy) is 2. The Morgan fingerprint density at radius 1 is 1.24 bits per heavy atom. The van der Waals surface area contributed by atoms with E-state index in [4.69, 9.17) is 37.1 Å². The highest BCUT2D eigenvalue weighted by atomic mass is 35.5. The van der Waals surface area contributed by atoms with Gasteiger partial charge >= 0.3 is 5.97 Å². The number of rotatable bonds is 8. The number of aromatic nitrogens is 1. The predicted molar refractivity (Wildman–Crippen MR) is 110 cm³/mol. The van der Waals surface area contributed by atoms with E-state index in [1.54, 1.807) is 36.6 Å². The number of hydrogen-bond donors (Lipinski definition) is 1. The van der Waals surface area contributed by atoms with Gasteiger partial charge in [-0.1, -0.05) is 23.2 Å². The standard InChI is InChI=1S/C19H16Cl2N2O5S/c1-2-26-17(24)8-12-10-29-19(22-12)23-18(25)16-6-4-13(28-16)9-27-15-5-3-11(20)7-14(15)21/h3-7,10H,2,8-9H2,1H3,(H,22,23,25). The molecular formula is C19H16Cl2N2O5S. The van der Waals surface area contributed by atoms with Crippen LogP contribution in [0.4, 0.5) is 5.13 Å². The fourth-order valence-corrected chi connectivity index (χ4v) is 3.45. The highest BCUT2D eigenvalue weighted by Gasteiger charge is 2.15. The van der Waals surface area contributed by atoms with Crippen molar-refractivity contribution in [1.82, 2.24) is 4.98 Å². The van der Waals surface area contributed by atoms with Crippen molar-refractivity contribution < 1.29 is 23.5 Å². The van der Waals surface area contributed by atoms with Crippen LogP contribution in [0.1, 0.15) is 28.9 Å². The van der Waals surface area contributed by atoms with E-state index >= 15 is 0 Å². The fourth-order valence-electron chi connectivity index (χ4n) is 2.28. The van der Waals surface area contributed by atoms with Crippen LogP contribution in [0.5, 0.6) is 5.75 Å². The second-order valence-corrected chi connectivity index (χ2v) is 7.41. The summed E-state index contributed by atoms with van der Waals surface area (Å²) in [6.07, 6.45) is 0.0513. The number of benzene rings is 1. The van der Waals surface area contributed by atoms with Gasteiger partial charge in [-0.3, -0.25) is 14.9 Å². The second-order valence-electron chi connectivity index (χ2n) is 5.71. The maximum absolute atomic E-state index is 12.3. The third-order valence-electron chi connectivity index (χ3n) is 3.55. The summed E-state index contributed by atoms with van der Waals surface area (Å²) in [5.41, 5.74) is 0.525. The lowest BCUT2D eigenvalue weighted by atomic mass is 10.3. The third-order valence-corrected chi connectivity index (χ3v) is 4.89. The molecule has 0 fully saturated rings. The van der Waals surface area contributed by atoms with Crippen LogP contribution in [0.3, 0.4) is 0 Å². The number of hydrogen-bond acceptors (Lipinski definition) is 7. The van der Waals surface area contributed by atoms with Gasteiger partial charge in [0.2, 0.25) is 0 Å². The van der Waals surface area contributed by atoms with Crippen LogP contribution in [0.25, 0.3) is 0 Å². The van der Waals surface area contributed by atoms with Gasteiger partial charge < -0.3 is 13.9 Å². The molecule has 29 heavy (non-hydrogen) atoms. The molecule has 0 saturated heterocycles. The van der Waals surface area contributed by atoms with Gasteiger partial charge in [0.25, 0.3) is 5.91 Å². The molecule has 3 rings (SSSR count). The van der Waals surface area contributed by atoms with E-state index in [1.807, 2.05) is 0 Å². The van der Waals surface area contributed by atoms with Crippen LogP contribution in [-0.2, 0) is 22.6 Å². The molecule has 2 heterocycles. The number of furan rings is 1. The summed E-state index contributed by atoms with van der Waals surface area (Å²) in [5.74, 6) is 0.177. The normalized spacial score (nSPS) is 10.6. The minimum absolute atomic E-state index is 0.0513. The van der Waals surface area contributed by atoms with Gasteiger partial charge in [-0.25, -0.2) is 4.98 Å². The summed E-state index contributed by atoms with van der Waals surface area (Å²) in [6.45, 7) is 2.13. The Balaban J connectivity index is 1.55. The molecule has 3 aromatic rings. The first-order chi connectivity index (χ1) is 13.9. The first kappa shape index (κ1) is 21.2. The molecule has 10 heteroatoms. The smallest absolute Gasteiger partial charge is 0.311 e. The van der Waals surface area contributed by atoms with Gasteiger partial charge in [0.05, 0.1) is 23.7 Å². The molecule has 1 amide bonds.